The molecule has 0 fully saturated rings. The number of para-hydroxylation sites is 1. The Morgan fingerprint density at radius 3 is 1.76 bits per heavy atom. The van der Waals surface area contributed by atoms with Crippen molar-refractivity contribution in [1.82, 2.24) is 15.0 Å². The molecule has 0 amide bonds. The second kappa shape index (κ2) is 13.0. The van der Waals surface area contributed by atoms with E-state index in [2.05, 4.69) is 182 Å². The molecule has 2 aliphatic rings. The van der Waals surface area contributed by atoms with Gasteiger partial charge in [0.25, 0.3) is 0 Å². The van der Waals surface area contributed by atoms with E-state index in [1.807, 2.05) is 30.1 Å². The minimum Gasteiger partial charge on any atom is -0.256 e. The molecule has 1 aliphatic heterocycles. The van der Waals surface area contributed by atoms with Crippen LogP contribution < -0.4 is 0 Å². The van der Waals surface area contributed by atoms with E-state index in [1.165, 1.54) is 53.9 Å². The van der Waals surface area contributed by atoms with E-state index in [0.29, 0.717) is 5.82 Å². The molecule has 12 rings (SSSR count). The minimum absolute atomic E-state index is 0.502. The van der Waals surface area contributed by atoms with Crippen LogP contribution in [-0.2, 0) is 5.41 Å². The summed E-state index contributed by atoms with van der Waals surface area (Å²) in [5.74, 6) is 0.704. The highest BCUT2D eigenvalue weighted by molar-refractivity contribution is 7.99. The predicted octanol–water partition coefficient (Wildman–Crippen LogP) is 13.7. The number of nitrogens with zero attached hydrogens (tertiary/aromatic N) is 3. The van der Waals surface area contributed by atoms with E-state index in [4.69, 9.17) is 15.0 Å². The van der Waals surface area contributed by atoms with Gasteiger partial charge in [-0.25, -0.2) is 9.97 Å². The SMILES string of the molecule is c1ccc(-c2cc(-c3cccc4ccccc34)nc(-c3ccc4c(c3)Sc3cc(-c5cccc6cccnc56)ccc3C43c4ccccc4-c4ccccc43)n2)cc1. The van der Waals surface area contributed by atoms with E-state index in [1.54, 1.807) is 0 Å². The van der Waals surface area contributed by atoms with Crippen molar-refractivity contribution in [2.24, 2.45) is 0 Å². The van der Waals surface area contributed by atoms with E-state index in [0.717, 1.165) is 50.1 Å². The van der Waals surface area contributed by atoms with Crippen molar-refractivity contribution in [3.63, 3.8) is 0 Å². The summed E-state index contributed by atoms with van der Waals surface area (Å²) in [7, 11) is 0. The molecule has 0 saturated carbocycles. The molecule has 4 heteroatoms. The Labute approximate surface area is 340 Å². The molecule has 8 aromatic carbocycles. The monoisotopic (exact) mass is 755 g/mol. The second-order valence-electron chi connectivity index (χ2n) is 15.1. The Kier molecular flexibility index (Phi) is 7.38. The number of fused-ring (bicyclic) bond motifs is 11. The maximum absolute atomic E-state index is 5.36. The number of rotatable bonds is 4. The van der Waals surface area contributed by atoms with Gasteiger partial charge >= 0.3 is 0 Å². The third-order valence-corrected chi connectivity index (χ3v) is 13.1. The maximum Gasteiger partial charge on any atom is 0.160 e. The van der Waals surface area contributed by atoms with Crippen LogP contribution in [0.1, 0.15) is 22.3 Å². The van der Waals surface area contributed by atoms with Crippen LogP contribution in [0.5, 0.6) is 0 Å². The molecule has 1 spiro atoms. The lowest BCUT2D eigenvalue weighted by molar-refractivity contribution is 0.723. The molecule has 58 heavy (non-hydrogen) atoms. The number of pyridine rings is 1. The molecular weight excluding hydrogens is 723 g/mol. The van der Waals surface area contributed by atoms with Gasteiger partial charge < -0.3 is 0 Å². The summed E-state index contributed by atoms with van der Waals surface area (Å²) in [4.78, 5) is 17.9. The zero-order valence-corrected chi connectivity index (χ0v) is 32.1. The van der Waals surface area contributed by atoms with Gasteiger partial charge in [-0.3, -0.25) is 4.98 Å². The smallest absolute Gasteiger partial charge is 0.160 e. The van der Waals surface area contributed by atoms with Crippen molar-refractivity contribution in [1.29, 1.82) is 0 Å². The highest BCUT2D eigenvalue weighted by Gasteiger charge is 2.50. The number of hydrogen-bond donors (Lipinski definition) is 0. The van der Waals surface area contributed by atoms with Crippen molar-refractivity contribution in [2.75, 3.05) is 0 Å². The molecule has 0 radical (unpaired) electrons. The average molecular weight is 756 g/mol. The zero-order chi connectivity index (χ0) is 38.2. The first kappa shape index (κ1) is 33.0. The summed E-state index contributed by atoms with van der Waals surface area (Å²) in [5.41, 5.74) is 15.5. The molecule has 0 saturated heterocycles. The summed E-state index contributed by atoms with van der Waals surface area (Å²) >= 11 is 1.84. The largest absolute Gasteiger partial charge is 0.256 e. The van der Waals surface area contributed by atoms with Crippen molar-refractivity contribution in [3.05, 3.63) is 223 Å². The lowest BCUT2D eigenvalue weighted by Crippen LogP contribution is -2.32. The van der Waals surface area contributed by atoms with Crippen LogP contribution in [0.3, 0.4) is 0 Å². The molecule has 0 N–H and O–H groups in total. The summed E-state index contributed by atoms with van der Waals surface area (Å²) in [6.45, 7) is 0. The lowest BCUT2D eigenvalue weighted by atomic mass is 9.67. The maximum atomic E-state index is 5.36. The van der Waals surface area contributed by atoms with Crippen molar-refractivity contribution < 1.29 is 0 Å². The topological polar surface area (TPSA) is 38.7 Å². The fourth-order valence-corrected chi connectivity index (χ4v) is 10.7. The molecule has 2 aromatic heterocycles. The van der Waals surface area contributed by atoms with Gasteiger partial charge in [0.1, 0.15) is 0 Å². The van der Waals surface area contributed by atoms with E-state index < -0.39 is 5.41 Å². The molecule has 0 atom stereocenters. The standard InChI is InChI=1S/C54H33N3S/c1-2-14-35(15-3-1)48-33-49(43-23-10-16-34-13-4-5-19-39(34)43)57-53(56-48)38-27-29-47-51(32-38)58-50-31-37(40-22-11-17-36-18-12-30-55-52(36)40)26-28-46(50)54(47)44-24-8-6-20-41(44)42-21-7-9-25-45(42)54/h1-33H. The van der Waals surface area contributed by atoms with Gasteiger partial charge in [-0.2, -0.15) is 0 Å². The van der Waals surface area contributed by atoms with Gasteiger partial charge in [0.15, 0.2) is 5.82 Å². The Hall–Kier alpha value is -7.14. The highest BCUT2D eigenvalue weighted by Crippen LogP contribution is 2.62. The van der Waals surface area contributed by atoms with Crippen LogP contribution >= 0.6 is 11.8 Å². The summed E-state index contributed by atoms with van der Waals surface area (Å²) < 4.78 is 0. The van der Waals surface area contributed by atoms with E-state index in [-0.39, 0.29) is 0 Å². The van der Waals surface area contributed by atoms with Gasteiger partial charge in [0.2, 0.25) is 0 Å². The van der Waals surface area contributed by atoms with Gasteiger partial charge in [-0.15, -0.1) is 0 Å². The normalized spacial score (nSPS) is 13.2. The van der Waals surface area contributed by atoms with Crippen LogP contribution in [0.4, 0.5) is 0 Å². The fourth-order valence-electron chi connectivity index (χ4n) is 9.48. The first-order chi connectivity index (χ1) is 28.7. The number of benzene rings is 8. The predicted molar refractivity (Wildman–Crippen MR) is 238 cm³/mol. The first-order valence-corrected chi connectivity index (χ1v) is 20.5. The minimum atomic E-state index is -0.502. The van der Waals surface area contributed by atoms with E-state index >= 15 is 0 Å². The van der Waals surface area contributed by atoms with Crippen molar-refractivity contribution in [2.45, 2.75) is 15.2 Å². The van der Waals surface area contributed by atoms with Crippen LogP contribution in [0.15, 0.2) is 210 Å². The Balaban J connectivity index is 1.10. The first-order valence-electron chi connectivity index (χ1n) is 19.7. The average Bonchev–Trinajstić information content (AvgIpc) is 3.59. The van der Waals surface area contributed by atoms with Crippen LogP contribution in [0, 0.1) is 0 Å². The van der Waals surface area contributed by atoms with Gasteiger partial charge in [-0.05, 0) is 74.0 Å². The molecule has 0 unspecified atom stereocenters. The van der Waals surface area contributed by atoms with Crippen molar-refractivity contribution in [3.8, 4) is 56.2 Å². The van der Waals surface area contributed by atoms with Gasteiger partial charge in [-0.1, -0.05) is 182 Å². The zero-order valence-electron chi connectivity index (χ0n) is 31.3. The molecule has 3 nitrogen and oxygen atoms in total. The number of aromatic nitrogens is 3. The van der Waals surface area contributed by atoms with Gasteiger partial charge in [0.05, 0.1) is 22.3 Å². The van der Waals surface area contributed by atoms with Crippen LogP contribution in [0.2, 0.25) is 0 Å². The lowest BCUT2D eigenvalue weighted by Gasteiger charge is -2.40. The molecule has 1 aliphatic carbocycles. The molecule has 10 aromatic rings. The Morgan fingerprint density at radius 1 is 0.379 bits per heavy atom. The molecular formula is C54H33N3S. The number of hydrogen-bond acceptors (Lipinski definition) is 4. The van der Waals surface area contributed by atoms with E-state index in [9.17, 15) is 0 Å². The van der Waals surface area contributed by atoms with Gasteiger partial charge in [0, 0.05) is 43.6 Å². The Morgan fingerprint density at radius 2 is 0.966 bits per heavy atom. The second-order valence-corrected chi connectivity index (χ2v) is 16.2. The summed E-state index contributed by atoms with van der Waals surface area (Å²) in [6, 6.07) is 70.1. The van der Waals surface area contributed by atoms with Crippen molar-refractivity contribution >= 4 is 33.4 Å². The highest BCUT2D eigenvalue weighted by atomic mass is 32.2. The third kappa shape index (κ3) is 4.92. The summed E-state index contributed by atoms with van der Waals surface area (Å²) in [6.07, 6.45) is 1.89. The fraction of sp³-hybridized carbons (Fsp3) is 0.0185. The Bertz CT molecular complexity index is 3220. The molecule has 3 heterocycles. The quantitative estimate of drug-likeness (QED) is 0.179. The molecule has 270 valence electrons. The van der Waals surface area contributed by atoms with Crippen LogP contribution in [0.25, 0.3) is 77.8 Å². The molecule has 0 bridgehead atoms. The third-order valence-electron chi connectivity index (χ3n) is 12.0. The van der Waals surface area contributed by atoms with Crippen LogP contribution in [-0.4, -0.2) is 15.0 Å². The summed E-state index contributed by atoms with van der Waals surface area (Å²) in [5, 5.41) is 3.49.